The molecule has 1 rings (SSSR count). The summed E-state index contributed by atoms with van der Waals surface area (Å²) in [5.74, 6) is 0.120. The van der Waals surface area contributed by atoms with E-state index >= 15 is 0 Å². The molecule has 1 aromatic carbocycles. The molecule has 0 N–H and O–H groups in total. The average molecular weight is 257 g/mol. The summed E-state index contributed by atoms with van der Waals surface area (Å²) in [6.07, 6.45) is 1.38. The number of benzene rings is 1. The molecule has 1 aromatic rings. The minimum absolute atomic E-state index is 0.381. The van der Waals surface area contributed by atoms with Crippen molar-refractivity contribution in [3.05, 3.63) is 29.6 Å². The third-order valence-electron chi connectivity index (χ3n) is 2.00. The van der Waals surface area contributed by atoms with Crippen molar-refractivity contribution in [2.75, 3.05) is 7.11 Å². The molecule has 0 saturated carbocycles. The van der Waals surface area contributed by atoms with Crippen LogP contribution in [0.2, 0.25) is 0 Å². The van der Waals surface area contributed by atoms with Gasteiger partial charge in [-0.25, -0.2) is 4.39 Å². The van der Waals surface area contributed by atoms with Crippen molar-refractivity contribution >= 4 is 17.6 Å². The molecule has 5 heteroatoms. The molecule has 1 atom stereocenters. The van der Waals surface area contributed by atoms with Gasteiger partial charge in [-0.05, 0) is 39.0 Å². The van der Waals surface area contributed by atoms with E-state index in [1.807, 2.05) is 20.8 Å². The van der Waals surface area contributed by atoms with Gasteiger partial charge in [-0.3, -0.25) is 0 Å². The van der Waals surface area contributed by atoms with Crippen molar-refractivity contribution in [1.29, 1.82) is 0 Å². The van der Waals surface area contributed by atoms with E-state index in [1.54, 1.807) is 0 Å². The first-order valence-electron chi connectivity index (χ1n) is 5.14. The summed E-state index contributed by atoms with van der Waals surface area (Å²) in [6.45, 7) is 5.47. The quantitative estimate of drug-likeness (QED) is 0.617. The lowest BCUT2D eigenvalue weighted by molar-refractivity contribution is 0.413. The van der Waals surface area contributed by atoms with Crippen molar-refractivity contribution in [3.8, 4) is 5.75 Å². The molecular formula is C12H16FNO2S. The first kappa shape index (κ1) is 14.0. The lowest BCUT2D eigenvalue weighted by atomic mass is 10.2. The SMILES string of the molecule is COc1ccc(F)cc1C=N[S@+]([O-])C(C)(C)C. The van der Waals surface area contributed by atoms with Crippen LogP contribution in [0.3, 0.4) is 0 Å². The van der Waals surface area contributed by atoms with Crippen LogP contribution in [0.1, 0.15) is 26.3 Å². The minimum atomic E-state index is -1.36. The molecule has 0 aliphatic heterocycles. The van der Waals surface area contributed by atoms with Gasteiger partial charge in [0, 0.05) is 5.56 Å². The van der Waals surface area contributed by atoms with Crippen molar-refractivity contribution < 1.29 is 13.7 Å². The van der Waals surface area contributed by atoms with Crippen LogP contribution in [0.15, 0.2) is 22.6 Å². The Morgan fingerprint density at radius 3 is 2.59 bits per heavy atom. The normalized spacial score (nSPS) is 14.0. The van der Waals surface area contributed by atoms with E-state index in [2.05, 4.69) is 4.40 Å². The highest BCUT2D eigenvalue weighted by molar-refractivity contribution is 7.91. The van der Waals surface area contributed by atoms with Crippen LogP contribution < -0.4 is 4.74 Å². The molecule has 0 aromatic heterocycles. The summed E-state index contributed by atoms with van der Waals surface area (Å²) in [4.78, 5) is 0. The highest BCUT2D eigenvalue weighted by Gasteiger charge is 2.25. The van der Waals surface area contributed by atoms with Crippen LogP contribution in [-0.4, -0.2) is 22.6 Å². The fraction of sp³-hybridized carbons (Fsp3) is 0.417. The minimum Gasteiger partial charge on any atom is -0.591 e. The zero-order valence-electron chi connectivity index (χ0n) is 10.4. The van der Waals surface area contributed by atoms with Crippen LogP contribution >= 0.6 is 0 Å². The topological polar surface area (TPSA) is 44.6 Å². The number of nitrogens with zero attached hydrogens (tertiary/aromatic N) is 1. The maximum atomic E-state index is 13.0. The van der Waals surface area contributed by atoms with E-state index in [1.165, 1.54) is 31.5 Å². The summed E-state index contributed by atoms with van der Waals surface area (Å²) < 4.78 is 33.3. The Hall–Kier alpha value is -1.07. The molecular weight excluding hydrogens is 241 g/mol. The number of hydrogen-bond acceptors (Lipinski definition) is 3. The predicted octanol–water partition coefficient (Wildman–Crippen LogP) is 2.72. The fourth-order valence-corrected chi connectivity index (χ4v) is 1.59. The Morgan fingerprint density at radius 2 is 2.06 bits per heavy atom. The summed E-state index contributed by atoms with van der Waals surface area (Å²) >= 11 is -1.36. The summed E-state index contributed by atoms with van der Waals surface area (Å²) in [7, 11) is 1.49. The van der Waals surface area contributed by atoms with Gasteiger partial charge in [-0.2, -0.15) is 0 Å². The Labute approximate surface area is 104 Å². The summed E-state index contributed by atoms with van der Waals surface area (Å²) in [5.41, 5.74) is 0.477. The van der Waals surface area contributed by atoms with Gasteiger partial charge < -0.3 is 9.29 Å². The zero-order valence-corrected chi connectivity index (χ0v) is 11.2. The van der Waals surface area contributed by atoms with Crippen molar-refractivity contribution in [3.63, 3.8) is 0 Å². The van der Waals surface area contributed by atoms with Crippen molar-refractivity contribution in [2.24, 2.45) is 4.40 Å². The second kappa shape index (κ2) is 5.51. The van der Waals surface area contributed by atoms with E-state index < -0.39 is 16.1 Å². The molecule has 0 aliphatic carbocycles. The number of halogens is 1. The van der Waals surface area contributed by atoms with Gasteiger partial charge in [0.15, 0.2) is 0 Å². The number of ether oxygens (including phenoxy) is 1. The summed E-state index contributed by atoms with van der Waals surface area (Å²) in [5, 5.41) is 0. The lowest BCUT2D eigenvalue weighted by Crippen LogP contribution is -2.25. The molecule has 0 heterocycles. The van der Waals surface area contributed by atoms with Gasteiger partial charge in [0.1, 0.15) is 27.7 Å². The predicted molar refractivity (Wildman–Crippen MR) is 68.4 cm³/mol. The fourth-order valence-electron chi connectivity index (χ4n) is 1.07. The average Bonchev–Trinajstić information content (AvgIpc) is 2.24. The third kappa shape index (κ3) is 4.02. The van der Waals surface area contributed by atoms with Gasteiger partial charge in [-0.15, -0.1) is 0 Å². The second-order valence-corrected chi connectivity index (χ2v) is 6.42. The molecule has 94 valence electrons. The molecule has 0 bridgehead atoms. The van der Waals surface area contributed by atoms with Crippen molar-refractivity contribution in [1.82, 2.24) is 0 Å². The first-order chi connectivity index (χ1) is 7.84. The molecule has 0 spiro atoms. The second-order valence-electron chi connectivity index (χ2n) is 4.48. The van der Waals surface area contributed by atoms with Crippen LogP contribution in [0.5, 0.6) is 5.75 Å². The van der Waals surface area contributed by atoms with E-state index in [-0.39, 0.29) is 5.82 Å². The van der Waals surface area contributed by atoms with Crippen LogP contribution in [0.25, 0.3) is 0 Å². The molecule has 0 amide bonds. The van der Waals surface area contributed by atoms with Gasteiger partial charge in [0.05, 0.1) is 13.3 Å². The van der Waals surface area contributed by atoms with Gasteiger partial charge in [0.25, 0.3) is 0 Å². The van der Waals surface area contributed by atoms with E-state index in [0.29, 0.717) is 11.3 Å². The van der Waals surface area contributed by atoms with Crippen LogP contribution in [-0.2, 0) is 11.4 Å². The highest BCUT2D eigenvalue weighted by Crippen LogP contribution is 2.20. The van der Waals surface area contributed by atoms with E-state index in [4.69, 9.17) is 4.74 Å². The van der Waals surface area contributed by atoms with E-state index in [0.717, 1.165) is 0 Å². The van der Waals surface area contributed by atoms with Gasteiger partial charge in [0.2, 0.25) is 0 Å². The Kier molecular flexibility index (Phi) is 4.54. The lowest BCUT2D eigenvalue weighted by Gasteiger charge is -2.17. The van der Waals surface area contributed by atoms with Gasteiger partial charge in [-0.1, -0.05) is 4.40 Å². The molecule has 0 fully saturated rings. The maximum Gasteiger partial charge on any atom is 0.144 e. The largest absolute Gasteiger partial charge is 0.591 e. The molecule has 3 nitrogen and oxygen atoms in total. The smallest absolute Gasteiger partial charge is 0.144 e. The molecule has 17 heavy (non-hydrogen) atoms. The number of rotatable bonds is 3. The third-order valence-corrected chi connectivity index (χ3v) is 3.35. The highest BCUT2D eigenvalue weighted by atomic mass is 32.2. The first-order valence-corrected chi connectivity index (χ1v) is 6.25. The molecule has 0 radical (unpaired) electrons. The molecule has 0 unspecified atom stereocenters. The molecule has 0 aliphatic rings. The Bertz CT molecular complexity index is 415. The Morgan fingerprint density at radius 1 is 1.41 bits per heavy atom. The monoisotopic (exact) mass is 257 g/mol. The van der Waals surface area contributed by atoms with Crippen molar-refractivity contribution in [2.45, 2.75) is 25.5 Å². The maximum absolute atomic E-state index is 13.0. The molecule has 0 saturated heterocycles. The number of methoxy groups -OCH3 is 1. The zero-order chi connectivity index (χ0) is 13.1. The van der Waals surface area contributed by atoms with Crippen LogP contribution in [0.4, 0.5) is 4.39 Å². The Balaban J connectivity index is 2.94. The summed E-state index contributed by atoms with van der Waals surface area (Å²) in [6, 6.07) is 4.11. The van der Waals surface area contributed by atoms with Crippen LogP contribution in [0, 0.1) is 5.82 Å². The standard InChI is InChI=1S/C12H16FNO2S/c1-12(2,3)17(15)14-8-9-7-10(13)5-6-11(9)16-4/h5-8H,1-4H3/t17-/m1/s1. The van der Waals surface area contributed by atoms with E-state index in [9.17, 15) is 8.94 Å². The van der Waals surface area contributed by atoms with Gasteiger partial charge >= 0.3 is 0 Å². The number of hydrogen-bond donors (Lipinski definition) is 0.